The van der Waals surface area contributed by atoms with Gasteiger partial charge in [0.05, 0.1) is 17.2 Å². The lowest BCUT2D eigenvalue weighted by Crippen LogP contribution is -2.41. The van der Waals surface area contributed by atoms with Crippen LogP contribution in [0.25, 0.3) is 0 Å². The smallest absolute Gasteiger partial charge is 0.253 e. The third-order valence-corrected chi connectivity index (χ3v) is 4.48. The van der Waals surface area contributed by atoms with E-state index < -0.39 is 0 Å². The molecule has 1 unspecified atom stereocenters. The van der Waals surface area contributed by atoms with Gasteiger partial charge in [-0.1, -0.05) is 12.1 Å². The molecule has 2 aromatic rings. The molecule has 0 radical (unpaired) electrons. The molecule has 3 rings (SSSR count). The highest BCUT2D eigenvalue weighted by Crippen LogP contribution is 2.23. The zero-order chi connectivity index (χ0) is 19.2. The monoisotopic (exact) mass is 367 g/mol. The molecule has 142 valence electrons. The van der Waals surface area contributed by atoms with Crippen LogP contribution < -0.4 is 15.5 Å². The maximum atomic E-state index is 12.8. The number of carbonyl (C=O) groups is 2. The zero-order valence-electron chi connectivity index (χ0n) is 15.7. The van der Waals surface area contributed by atoms with Gasteiger partial charge in [0, 0.05) is 31.5 Å². The van der Waals surface area contributed by atoms with E-state index in [1.54, 1.807) is 36.7 Å². The summed E-state index contributed by atoms with van der Waals surface area (Å²) in [4.78, 5) is 35.8. The maximum Gasteiger partial charge on any atom is 0.253 e. The fourth-order valence-corrected chi connectivity index (χ4v) is 3.19. The summed E-state index contributed by atoms with van der Waals surface area (Å²) in [7, 11) is 0. The van der Waals surface area contributed by atoms with Crippen LogP contribution in [0.4, 0.5) is 11.6 Å². The van der Waals surface area contributed by atoms with E-state index in [4.69, 9.17) is 0 Å². The molecule has 0 bridgehead atoms. The molecule has 2 heterocycles. The molecule has 7 nitrogen and oxygen atoms in total. The van der Waals surface area contributed by atoms with Crippen LogP contribution >= 0.6 is 0 Å². The third-order valence-electron chi connectivity index (χ3n) is 4.48. The van der Waals surface area contributed by atoms with Gasteiger partial charge in [-0.2, -0.15) is 0 Å². The molecule has 0 spiro atoms. The van der Waals surface area contributed by atoms with Crippen molar-refractivity contribution in [1.29, 1.82) is 0 Å². The number of amides is 2. The molecular weight excluding hydrogens is 342 g/mol. The Bertz CT molecular complexity index is 794. The molecule has 1 aromatic heterocycles. The lowest BCUT2D eigenvalue weighted by Gasteiger charge is -2.32. The normalized spacial score (nSPS) is 16.9. The molecule has 1 saturated heterocycles. The number of hydrogen-bond acceptors (Lipinski definition) is 5. The van der Waals surface area contributed by atoms with Gasteiger partial charge < -0.3 is 15.5 Å². The van der Waals surface area contributed by atoms with E-state index in [-0.39, 0.29) is 23.8 Å². The topological polar surface area (TPSA) is 87.2 Å². The molecule has 1 fully saturated rings. The van der Waals surface area contributed by atoms with Gasteiger partial charge in [0.25, 0.3) is 5.91 Å². The standard InChI is InChI=1S/C20H25N5O2/c1-14(2)23-19(27)16-8-3-4-9-17(16)24-18(26)15-7-5-12-25(13-15)20-21-10-6-11-22-20/h3-4,6,8-11,14-15H,5,7,12-13H2,1-2H3,(H,23,27)(H,24,26). The molecule has 1 aliphatic rings. The average Bonchev–Trinajstić information content (AvgIpc) is 2.68. The van der Waals surface area contributed by atoms with Crippen LogP contribution in [-0.4, -0.2) is 40.9 Å². The second-order valence-electron chi connectivity index (χ2n) is 7.00. The number of carbonyl (C=O) groups excluding carboxylic acids is 2. The highest BCUT2D eigenvalue weighted by Gasteiger charge is 2.27. The summed E-state index contributed by atoms with van der Waals surface area (Å²) in [5.74, 6) is 0.194. The number of para-hydroxylation sites is 1. The van der Waals surface area contributed by atoms with Gasteiger partial charge in [0.15, 0.2) is 0 Å². The Morgan fingerprint density at radius 3 is 2.63 bits per heavy atom. The fourth-order valence-electron chi connectivity index (χ4n) is 3.19. The first kappa shape index (κ1) is 18.8. The Morgan fingerprint density at radius 2 is 1.89 bits per heavy atom. The third kappa shape index (κ3) is 4.81. The highest BCUT2D eigenvalue weighted by molar-refractivity contribution is 6.04. The van der Waals surface area contributed by atoms with Gasteiger partial charge >= 0.3 is 0 Å². The van der Waals surface area contributed by atoms with Crippen LogP contribution in [0.5, 0.6) is 0 Å². The predicted molar refractivity (Wildman–Crippen MR) is 105 cm³/mol. The minimum absolute atomic E-state index is 0.0269. The summed E-state index contributed by atoms with van der Waals surface area (Å²) >= 11 is 0. The van der Waals surface area contributed by atoms with Crippen LogP contribution in [-0.2, 0) is 4.79 Å². The first-order valence-corrected chi connectivity index (χ1v) is 9.27. The molecule has 1 atom stereocenters. The van der Waals surface area contributed by atoms with Crippen molar-refractivity contribution in [3.63, 3.8) is 0 Å². The second kappa shape index (κ2) is 8.62. The first-order chi connectivity index (χ1) is 13.0. The Kier molecular flexibility index (Phi) is 6.01. The molecule has 0 saturated carbocycles. The summed E-state index contributed by atoms with van der Waals surface area (Å²) in [6.07, 6.45) is 5.10. The van der Waals surface area contributed by atoms with Crippen molar-refractivity contribution in [3.8, 4) is 0 Å². The zero-order valence-corrected chi connectivity index (χ0v) is 15.7. The van der Waals surface area contributed by atoms with Gasteiger partial charge in [-0.25, -0.2) is 9.97 Å². The number of benzene rings is 1. The Morgan fingerprint density at radius 1 is 1.15 bits per heavy atom. The summed E-state index contributed by atoms with van der Waals surface area (Å²) in [6, 6.07) is 8.88. The van der Waals surface area contributed by atoms with E-state index in [1.165, 1.54) is 0 Å². The Balaban J connectivity index is 1.69. The number of rotatable bonds is 5. The van der Waals surface area contributed by atoms with Crippen LogP contribution in [0.15, 0.2) is 42.7 Å². The largest absolute Gasteiger partial charge is 0.350 e. The Labute approximate surface area is 159 Å². The van der Waals surface area contributed by atoms with Gasteiger partial charge in [0.1, 0.15) is 0 Å². The molecular formula is C20H25N5O2. The van der Waals surface area contributed by atoms with Crippen molar-refractivity contribution in [2.45, 2.75) is 32.7 Å². The fraction of sp³-hybridized carbons (Fsp3) is 0.400. The van der Waals surface area contributed by atoms with E-state index in [0.29, 0.717) is 23.7 Å². The van der Waals surface area contributed by atoms with Crippen molar-refractivity contribution in [2.24, 2.45) is 5.92 Å². The van der Waals surface area contributed by atoms with Crippen molar-refractivity contribution in [2.75, 3.05) is 23.3 Å². The van der Waals surface area contributed by atoms with Crippen LogP contribution in [0, 0.1) is 5.92 Å². The number of hydrogen-bond donors (Lipinski definition) is 2. The molecule has 2 amide bonds. The van der Waals surface area contributed by atoms with E-state index in [9.17, 15) is 9.59 Å². The SMILES string of the molecule is CC(C)NC(=O)c1ccccc1NC(=O)C1CCCN(c2ncccn2)C1. The van der Waals surface area contributed by atoms with Gasteiger partial charge in [-0.05, 0) is 44.9 Å². The van der Waals surface area contributed by atoms with E-state index >= 15 is 0 Å². The van der Waals surface area contributed by atoms with Crippen LogP contribution in [0.3, 0.4) is 0 Å². The molecule has 27 heavy (non-hydrogen) atoms. The van der Waals surface area contributed by atoms with E-state index in [0.717, 1.165) is 19.4 Å². The Hall–Kier alpha value is -2.96. The van der Waals surface area contributed by atoms with E-state index in [1.807, 2.05) is 24.8 Å². The molecule has 0 aliphatic carbocycles. The highest BCUT2D eigenvalue weighted by atomic mass is 16.2. The summed E-state index contributed by atoms with van der Waals surface area (Å²) < 4.78 is 0. The minimum atomic E-state index is -0.191. The van der Waals surface area contributed by atoms with Gasteiger partial charge in [-0.15, -0.1) is 0 Å². The molecule has 1 aliphatic heterocycles. The summed E-state index contributed by atoms with van der Waals surface area (Å²) in [5, 5.41) is 5.80. The number of anilines is 2. The number of nitrogens with zero attached hydrogens (tertiary/aromatic N) is 3. The van der Waals surface area contributed by atoms with Crippen molar-refractivity contribution < 1.29 is 9.59 Å². The van der Waals surface area contributed by atoms with Crippen LogP contribution in [0.1, 0.15) is 37.0 Å². The number of nitrogens with one attached hydrogen (secondary N) is 2. The van der Waals surface area contributed by atoms with Gasteiger partial charge in [0.2, 0.25) is 11.9 Å². The average molecular weight is 367 g/mol. The number of piperidine rings is 1. The number of aromatic nitrogens is 2. The lowest BCUT2D eigenvalue weighted by molar-refractivity contribution is -0.120. The second-order valence-corrected chi connectivity index (χ2v) is 7.00. The molecule has 7 heteroatoms. The molecule has 2 N–H and O–H groups in total. The first-order valence-electron chi connectivity index (χ1n) is 9.27. The quantitative estimate of drug-likeness (QED) is 0.848. The lowest BCUT2D eigenvalue weighted by atomic mass is 9.97. The van der Waals surface area contributed by atoms with Crippen molar-refractivity contribution in [3.05, 3.63) is 48.3 Å². The van der Waals surface area contributed by atoms with Crippen LogP contribution in [0.2, 0.25) is 0 Å². The maximum absolute atomic E-state index is 12.8. The summed E-state index contributed by atoms with van der Waals surface area (Å²) in [6.45, 7) is 5.21. The van der Waals surface area contributed by atoms with E-state index in [2.05, 4.69) is 20.6 Å². The summed E-state index contributed by atoms with van der Waals surface area (Å²) in [5.41, 5.74) is 1.01. The molecule has 1 aromatic carbocycles. The predicted octanol–water partition coefficient (Wildman–Crippen LogP) is 2.47. The minimum Gasteiger partial charge on any atom is -0.350 e. The van der Waals surface area contributed by atoms with Gasteiger partial charge in [-0.3, -0.25) is 9.59 Å². The van der Waals surface area contributed by atoms with Crippen molar-refractivity contribution >= 4 is 23.5 Å². The van der Waals surface area contributed by atoms with Crippen molar-refractivity contribution in [1.82, 2.24) is 15.3 Å².